The summed E-state index contributed by atoms with van der Waals surface area (Å²) < 4.78 is 5.10. The molecule has 0 amide bonds. The molecule has 1 aromatic rings. The SMILES string of the molecule is COc1cc(CNCCCCCC=CC(C)C)ccc1O. The number of methoxy groups -OCH3 is 1. The first kappa shape index (κ1) is 17.6. The summed E-state index contributed by atoms with van der Waals surface area (Å²) in [6, 6.07) is 5.47. The minimum Gasteiger partial charge on any atom is -0.504 e. The molecule has 0 heterocycles. The van der Waals surface area contributed by atoms with Gasteiger partial charge in [-0.1, -0.05) is 38.5 Å². The van der Waals surface area contributed by atoms with E-state index in [0.29, 0.717) is 11.7 Å². The summed E-state index contributed by atoms with van der Waals surface area (Å²) in [6.45, 7) is 6.25. The number of hydrogen-bond donors (Lipinski definition) is 2. The van der Waals surface area contributed by atoms with Crippen molar-refractivity contribution in [1.82, 2.24) is 5.32 Å². The molecular weight excluding hydrogens is 262 g/mol. The molecule has 0 saturated carbocycles. The highest BCUT2D eigenvalue weighted by atomic mass is 16.5. The number of benzene rings is 1. The van der Waals surface area contributed by atoms with Gasteiger partial charge in [-0.05, 0) is 49.4 Å². The third-order valence-corrected chi connectivity index (χ3v) is 3.32. The minimum atomic E-state index is 0.190. The van der Waals surface area contributed by atoms with Crippen molar-refractivity contribution in [3.63, 3.8) is 0 Å². The number of nitrogens with one attached hydrogen (secondary N) is 1. The molecule has 0 radical (unpaired) electrons. The van der Waals surface area contributed by atoms with Crippen molar-refractivity contribution in [3.05, 3.63) is 35.9 Å². The lowest BCUT2D eigenvalue weighted by Gasteiger charge is -2.08. The predicted molar refractivity (Wildman–Crippen MR) is 88.8 cm³/mol. The minimum absolute atomic E-state index is 0.190. The van der Waals surface area contributed by atoms with Crippen molar-refractivity contribution in [1.29, 1.82) is 0 Å². The first-order chi connectivity index (χ1) is 10.1. The van der Waals surface area contributed by atoms with Crippen LogP contribution in [0.5, 0.6) is 11.5 Å². The molecule has 0 aliphatic heterocycles. The van der Waals surface area contributed by atoms with E-state index in [0.717, 1.165) is 18.7 Å². The van der Waals surface area contributed by atoms with Crippen molar-refractivity contribution in [3.8, 4) is 11.5 Å². The van der Waals surface area contributed by atoms with Crippen molar-refractivity contribution < 1.29 is 9.84 Å². The second-order valence-electron chi connectivity index (χ2n) is 5.70. The number of unbranched alkanes of at least 4 members (excludes halogenated alkanes) is 3. The van der Waals surface area contributed by atoms with Crippen LogP contribution in [0.2, 0.25) is 0 Å². The van der Waals surface area contributed by atoms with E-state index in [9.17, 15) is 5.11 Å². The number of hydrogen-bond acceptors (Lipinski definition) is 3. The zero-order valence-electron chi connectivity index (χ0n) is 13.6. The molecule has 1 aromatic carbocycles. The summed E-state index contributed by atoms with van der Waals surface area (Å²) in [6.07, 6.45) is 9.47. The summed E-state index contributed by atoms with van der Waals surface area (Å²) in [7, 11) is 1.57. The molecule has 0 spiro atoms. The van der Waals surface area contributed by atoms with E-state index in [-0.39, 0.29) is 5.75 Å². The van der Waals surface area contributed by atoms with Gasteiger partial charge in [0, 0.05) is 6.54 Å². The molecule has 118 valence electrons. The van der Waals surface area contributed by atoms with Crippen LogP contribution >= 0.6 is 0 Å². The molecule has 0 bridgehead atoms. The lowest BCUT2D eigenvalue weighted by Crippen LogP contribution is -2.14. The van der Waals surface area contributed by atoms with Gasteiger partial charge >= 0.3 is 0 Å². The molecule has 1 rings (SSSR count). The molecule has 0 saturated heterocycles. The predicted octanol–water partition coefficient (Wildman–Crippen LogP) is 4.26. The largest absolute Gasteiger partial charge is 0.504 e. The maximum atomic E-state index is 9.53. The lowest BCUT2D eigenvalue weighted by molar-refractivity contribution is 0.372. The van der Waals surface area contributed by atoms with Crippen LogP contribution in [0.25, 0.3) is 0 Å². The Morgan fingerprint density at radius 2 is 2.05 bits per heavy atom. The van der Waals surface area contributed by atoms with E-state index in [1.807, 2.05) is 12.1 Å². The number of phenols is 1. The molecule has 3 heteroatoms. The fraction of sp³-hybridized carbons (Fsp3) is 0.556. The topological polar surface area (TPSA) is 41.5 Å². The van der Waals surface area contributed by atoms with Crippen LogP contribution < -0.4 is 10.1 Å². The van der Waals surface area contributed by atoms with Gasteiger partial charge in [-0.15, -0.1) is 0 Å². The van der Waals surface area contributed by atoms with Gasteiger partial charge in [0.25, 0.3) is 0 Å². The number of aromatic hydroxyl groups is 1. The Morgan fingerprint density at radius 3 is 2.76 bits per heavy atom. The standard InChI is InChI=1S/C18H29NO2/c1-15(2)9-7-5-4-6-8-12-19-14-16-10-11-17(20)18(13-16)21-3/h7,9-11,13,15,19-20H,4-6,8,12,14H2,1-3H3. The highest BCUT2D eigenvalue weighted by Crippen LogP contribution is 2.26. The first-order valence-corrected chi connectivity index (χ1v) is 7.86. The van der Waals surface area contributed by atoms with Gasteiger partial charge in [-0.2, -0.15) is 0 Å². The zero-order chi connectivity index (χ0) is 15.5. The van der Waals surface area contributed by atoms with Gasteiger partial charge in [0.15, 0.2) is 11.5 Å². The highest BCUT2D eigenvalue weighted by molar-refractivity contribution is 5.41. The Balaban J connectivity index is 2.09. The molecular formula is C18H29NO2. The first-order valence-electron chi connectivity index (χ1n) is 7.86. The Kier molecular flexibility index (Phi) is 8.60. The zero-order valence-corrected chi connectivity index (χ0v) is 13.6. The van der Waals surface area contributed by atoms with Gasteiger partial charge in [0.1, 0.15) is 0 Å². The molecule has 2 N–H and O–H groups in total. The molecule has 21 heavy (non-hydrogen) atoms. The second-order valence-corrected chi connectivity index (χ2v) is 5.70. The monoisotopic (exact) mass is 291 g/mol. The second kappa shape index (κ2) is 10.3. The quantitative estimate of drug-likeness (QED) is 0.500. The van der Waals surface area contributed by atoms with Crippen molar-refractivity contribution in [2.75, 3.05) is 13.7 Å². The van der Waals surface area contributed by atoms with Crippen LogP contribution in [-0.2, 0) is 6.54 Å². The fourth-order valence-corrected chi connectivity index (χ4v) is 2.12. The van der Waals surface area contributed by atoms with Gasteiger partial charge in [0.05, 0.1) is 7.11 Å². The number of ether oxygens (including phenoxy) is 1. The van der Waals surface area contributed by atoms with Crippen LogP contribution in [0.15, 0.2) is 30.4 Å². The van der Waals surface area contributed by atoms with Crippen LogP contribution in [0.1, 0.15) is 45.1 Å². The molecule has 3 nitrogen and oxygen atoms in total. The Morgan fingerprint density at radius 1 is 1.24 bits per heavy atom. The van der Waals surface area contributed by atoms with Gasteiger partial charge < -0.3 is 15.2 Å². The van der Waals surface area contributed by atoms with Crippen molar-refractivity contribution in [2.24, 2.45) is 5.92 Å². The van der Waals surface area contributed by atoms with Crippen LogP contribution in [0.4, 0.5) is 0 Å². The Labute approximate surface area is 129 Å². The van der Waals surface area contributed by atoms with Gasteiger partial charge in [-0.3, -0.25) is 0 Å². The molecule has 0 atom stereocenters. The number of allylic oxidation sites excluding steroid dienone is 2. The normalized spacial score (nSPS) is 11.4. The maximum Gasteiger partial charge on any atom is 0.160 e. The smallest absolute Gasteiger partial charge is 0.160 e. The average molecular weight is 291 g/mol. The molecule has 0 unspecified atom stereocenters. The lowest BCUT2D eigenvalue weighted by atomic mass is 10.1. The molecule has 0 aliphatic rings. The summed E-state index contributed by atoms with van der Waals surface area (Å²) in [5.41, 5.74) is 1.13. The van der Waals surface area contributed by atoms with Crippen molar-refractivity contribution in [2.45, 2.75) is 46.1 Å². The van der Waals surface area contributed by atoms with Crippen LogP contribution in [0.3, 0.4) is 0 Å². The van der Waals surface area contributed by atoms with E-state index < -0.39 is 0 Å². The van der Waals surface area contributed by atoms with Gasteiger partial charge in [0.2, 0.25) is 0 Å². The van der Waals surface area contributed by atoms with Crippen molar-refractivity contribution >= 4 is 0 Å². The molecule has 0 fully saturated rings. The maximum absolute atomic E-state index is 9.53. The van der Waals surface area contributed by atoms with E-state index in [1.165, 1.54) is 25.7 Å². The average Bonchev–Trinajstić information content (AvgIpc) is 2.46. The van der Waals surface area contributed by atoms with E-state index in [1.54, 1.807) is 13.2 Å². The summed E-state index contributed by atoms with van der Waals surface area (Å²) in [5, 5.41) is 13.0. The Bertz CT molecular complexity index is 427. The number of rotatable bonds is 10. The summed E-state index contributed by atoms with van der Waals surface area (Å²) in [5.74, 6) is 1.39. The van der Waals surface area contributed by atoms with Crippen LogP contribution in [-0.4, -0.2) is 18.8 Å². The fourth-order valence-electron chi connectivity index (χ4n) is 2.12. The third kappa shape index (κ3) is 7.76. The van der Waals surface area contributed by atoms with E-state index in [4.69, 9.17) is 4.74 Å². The molecule has 0 aliphatic carbocycles. The highest BCUT2D eigenvalue weighted by Gasteiger charge is 2.02. The summed E-state index contributed by atoms with van der Waals surface area (Å²) >= 11 is 0. The van der Waals surface area contributed by atoms with E-state index in [2.05, 4.69) is 31.3 Å². The molecule has 0 aromatic heterocycles. The van der Waals surface area contributed by atoms with E-state index >= 15 is 0 Å². The third-order valence-electron chi connectivity index (χ3n) is 3.32. The van der Waals surface area contributed by atoms with Crippen LogP contribution in [0, 0.1) is 5.92 Å². The Hall–Kier alpha value is -1.48. The summed E-state index contributed by atoms with van der Waals surface area (Å²) in [4.78, 5) is 0. The number of phenolic OH excluding ortho intramolecular Hbond substituents is 1. The van der Waals surface area contributed by atoms with Gasteiger partial charge in [-0.25, -0.2) is 0 Å².